The molecule has 2 rings (SSSR count). The van der Waals surface area contributed by atoms with Gasteiger partial charge in [0.25, 0.3) is 0 Å². The number of hydrogen-bond acceptors (Lipinski definition) is 2. The molecule has 2 aliphatic carbocycles. The molecule has 2 amide bonds. The second-order valence-electron chi connectivity index (χ2n) is 6.46. The predicted octanol–water partition coefficient (Wildman–Crippen LogP) is 2.51. The van der Waals surface area contributed by atoms with Gasteiger partial charge in [0.2, 0.25) is 0 Å². The molecule has 3 N–H and O–H groups in total. The van der Waals surface area contributed by atoms with Gasteiger partial charge in [-0.25, -0.2) is 9.59 Å². The molecule has 0 aliphatic heterocycles. The maximum atomic E-state index is 11.8. The molecule has 5 nitrogen and oxygen atoms in total. The summed E-state index contributed by atoms with van der Waals surface area (Å²) in [5.74, 6) is -0.0408. The molecule has 2 saturated carbocycles. The zero-order valence-electron chi connectivity index (χ0n) is 12.3. The Balaban J connectivity index is 1.65. The molecule has 2 fully saturated rings. The molecular weight excluding hydrogens is 256 g/mol. The Morgan fingerprint density at radius 3 is 2.40 bits per heavy atom. The van der Waals surface area contributed by atoms with E-state index in [1.165, 1.54) is 32.1 Å². The molecule has 0 heterocycles. The van der Waals surface area contributed by atoms with Gasteiger partial charge < -0.3 is 15.7 Å². The molecule has 20 heavy (non-hydrogen) atoms. The van der Waals surface area contributed by atoms with Crippen LogP contribution in [0.25, 0.3) is 0 Å². The van der Waals surface area contributed by atoms with Gasteiger partial charge in [-0.3, -0.25) is 0 Å². The lowest BCUT2D eigenvalue weighted by Gasteiger charge is -2.26. The van der Waals surface area contributed by atoms with E-state index in [1.807, 2.05) is 0 Å². The first-order chi connectivity index (χ1) is 9.52. The summed E-state index contributed by atoms with van der Waals surface area (Å²) in [7, 11) is 0. The number of urea groups is 1. The van der Waals surface area contributed by atoms with Crippen LogP contribution in [0, 0.1) is 11.8 Å². The van der Waals surface area contributed by atoms with Crippen LogP contribution in [0.1, 0.15) is 58.3 Å². The average molecular weight is 282 g/mol. The maximum absolute atomic E-state index is 11.8. The smallest absolute Gasteiger partial charge is 0.329 e. The Labute approximate surface area is 120 Å². The van der Waals surface area contributed by atoms with E-state index in [9.17, 15) is 14.7 Å². The molecule has 1 atom stereocenters. The van der Waals surface area contributed by atoms with Crippen molar-refractivity contribution in [3.8, 4) is 0 Å². The van der Waals surface area contributed by atoms with E-state index in [1.54, 1.807) is 6.92 Å². The lowest BCUT2D eigenvalue weighted by atomic mass is 9.96. The van der Waals surface area contributed by atoms with E-state index >= 15 is 0 Å². The van der Waals surface area contributed by atoms with Crippen LogP contribution in [0.5, 0.6) is 0 Å². The minimum absolute atomic E-state index is 0.0734. The number of carboxylic acid groups (broad SMARTS) is 1. The number of carboxylic acids is 1. The molecule has 0 radical (unpaired) electrons. The van der Waals surface area contributed by atoms with Gasteiger partial charge in [-0.05, 0) is 44.4 Å². The number of carbonyl (C=O) groups excluding carboxylic acids is 1. The number of rotatable bonds is 7. The molecule has 0 spiro atoms. The van der Waals surface area contributed by atoms with Crippen molar-refractivity contribution in [2.45, 2.75) is 63.8 Å². The molecule has 0 aromatic rings. The van der Waals surface area contributed by atoms with Crippen LogP contribution in [0.15, 0.2) is 0 Å². The minimum atomic E-state index is -1.12. The molecular formula is C15H26N2O3. The fraction of sp³-hybridized carbons (Fsp3) is 0.867. The summed E-state index contributed by atoms with van der Waals surface area (Å²) in [5, 5.41) is 14.7. The predicted molar refractivity (Wildman–Crippen MR) is 76.5 cm³/mol. The molecule has 1 unspecified atom stereocenters. The molecule has 5 heteroatoms. The van der Waals surface area contributed by atoms with E-state index in [0.717, 1.165) is 25.2 Å². The second kappa shape index (κ2) is 6.46. The number of hydrogen-bond donors (Lipinski definition) is 3. The Kier molecular flexibility index (Phi) is 4.89. The van der Waals surface area contributed by atoms with Gasteiger partial charge in [0.1, 0.15) is 5.54 Å². The summed E-state index contributed by atoms with van der Waals surface area (Å²) in [6.07, 6.45) is 9.24. The van der Waals surface area contributed by atoms with Gasteiger partial charge >= 0.3 is 12.0 Å². The summed E-state index contributed by atoms with van der Waals surface area (Å²) >= 11 is 0. The van der Waals surface area contributed by atoms with Crippen molar-refractivity contribution < 1.29 is 14.7 Å². The SMILES string of the molecule is CC(NC(=O)NCCCC1CCCC1)(C(=O)O)C1CC1. The highest BCUT2D eigenvalue weighted by Crippen LogP contribution is 2.39. The Hall–Kier alpha value is -1.26. The molecule has 2 aliphatic rings. The highest BCUT2D eigenvalue weighted by atomic mass is 16.4. The van der Waals surface area contributed by atoms with Crippen molar-refractivity contribution in [1.29, 1.82) is 0 Å². The van der Waals surface area contributed by atoms with Gasteiger partial charge in [-0.15, -0.1) is 0 Å². The zero-order valence-corrected chi connectivity index (χ0v) is 12.3. The maximum Gasteiger partial charge on any atom is 0.329 e. The summed E-state index contributed by atoms with van der Waals surface area (Å²) in [5.41, 5.74) is -1.12. The summed E-state index contributed by atoms with van der Waals surface area (Å²) < 4.78 is 0. The third kappa shape index (κ3) is 3.87. The summed E-state index contributed by atoms with van der Waals surface area (Å²) in [4.78, 5) is 23.1. The lowest BCUT2D eigenvalue weighted by Crippen LogP contribution is -2.56. The van der Waals surface area contributed by atoms with Crippen molar-refractivity contribution >= 4 is 12.0 Å². The first-order valence-corrected chi connectivity index (χ1v) is 7.82. The third-order valence-corrected chi connectivity index (χ3v) is 4.76. The Morgan fingerprint density at radius 2 is 1.85 bits per heavy atom. The first-order valence-electron chi connectivity index (χ1n) is 7.82. The monoisotopic (exact) mass is 282 g/mol. The van der Waals surface area contributed by atoms with Crippen LogP contribution < -0.4 is 10.6 Å². The fourth-order valence-corrected chi connectivity index (χ4v) is 3.16. The lowest BCUT2D eigenvalue weighted by molar-refractivity contribution is -0.144. The van der Waals surface area contributed by atoms with Crippen LogP contribution >= 0.6 is 0 Å². The summed E-state index contributed by atoms with van der Waals surface area (Å²) in [6.45, 7) is 2.23. The van der Waals surface area contributed by atoms with Gasteiger partial charge in [-0.2, -0.15) is 0 Å². The normalized spacial score (nSPS) is 22.2. The van der Waals surface area contributed by atoms with E-state index in [0.29, 0.717) is 6.54 Å². The van der Waals surface area contributed by atoms with Crippen LogP contribution in [-0.4, -0.2) is 29.2 Å². The Morgan fingerprint density at radius 1 is 1.20 bits per heavy atom. The first kappa shape index (κ1) is 15.1. The van der Waals surface area contributed by atoms with Crippen molar-refractivity contribution in [2.75, 3.05) is 6.54 Å². The fourth-order valence-electron chi connectivity index (χ4n) is 3.16. The second-order valence-corrected chi connectivity index (χ2v) is 6.46. The Bertz CT molecular complexity index is 362. The molecule has 0 bridgehead atoms. The van der Waals surface area contributed by atoms with Crippen molar-refractivity contribution in [2.24, 2.45) is 11.8 Å². The molecule has 0 aromatic heterocycles. The van der Waals surface area contributed by atoms with Crippen LogP contribution in [0.2, 0.25) is 0 Å². The van der Waals surface area contributed by atoms with Crippen LogP contribution in [0.3, 0.4) is 0 Å². The average Bonchev–Trinajstić information content (AvgIpc) is 3.13. The number of aliphatic carboxylic acids is 1. The van der Waals surface area contributed by atoms with E-state index in [2.05, 4.69) is 10.6 Å². The molecule has 0 saturated heterocycles. The van der Waals surface area contributed by atoms with Gasteiger partial charge in [0.15, 0.2) is 0 Å². The third-order valence-electron chi connectivity index (χ3n) is 4.76. The van der Waals surface area contributed by atoms with Crippen molar-refractivity contribution in [1.82, 2.24) is 10.6 Å². The van der Waals surface area contributed by atoms with E-state index in [-0.39, 0.29) is 11.9 Å². The largest absolute Gasteiger partial charge is 0.480 e. The number of carbonyl (C=O) groups is 2. The van der Waals surface area contributed by atoms with Gasteiger partial charge in [-0.1, -0.05) is 25.7 Å². The topological polar surface area (TPSA) is 78.4 Å². The zero-order chi connectivity index (χ0) is 14.6. The standard InChI is InChI=1S/C15H26N2O3/c1-15(13(18)19,12-8-9-12)17-14(20)16-10-4-7-11-5-2-3-6-11/h11-12H,2-10H2,1H3,(H,18,19)(H2,16,17,20). The van der Waals surface area contributed by atoms with Gasteiger partial charge in [0.05, 0.1) is 0 Å². The summed E-state index contributed by atoms with van der Waals surface area (Å²) in [6, 6.07) is -0.353. The molecule has 0 aromatic carbocycles. The van der Waals surface area contributed by atoms with Crippen LogP contribution in [-0.2, 0) is 4.79 Å². The number of nitrogens with one attached hydrogen (secondary N) is 2. The number of amides is 2. The van der Waals surface area contributed by atoms with Crippen LogP contribution in [0.4, 0.5) is 4.79 Å². The highest BCUT2D eigenvalue weighted by Gasteiger charge is 2.48. The van der Waals surface area contributed by atoms with Crippen molar-refractivity contribution in [3.05, 3.63) is 0 Å². The highest BCUT2D eigenvalue weighted by molar-refractivity contribution is 5.86. The van der Waals surface area contributed by atoms with Gasteiger partial charge in [0, 0.05) is 6.54 Å². The van der Waals surface area contributed by atoms with Crippen molar-refractivity contribution in [3.63, 3.8) is 0 Å². The molecule has 114 valence electrons. The van der Waals surface area contributed by atoms with E-state index in [4.69, 9.17) is 0 Å². The van der Waals surface area contributed by atoms with E-state index < -0.39 is 11.5 Å². The minimum Gasteiger partial charge on any atom is -0.480 e. The quantitative estimate of drug-likeness (QED) is 0.628.